The van der Waals surface area contributed by atoms with E-state index in [0.29, 0.717) is 11.3 Å². The fourth-order valence-corrected chi connectivity index (χ4v) is 2.72. The van der Waals surface area contributed by atoms with Crippen LogP contribution in [0.3, 0.4) is 0 Å². The van der Waals surface area contributed by atoms with E-state index in [1.807, 2.05) is 0 Å². The van der Waals surface area contributed by atoms with Crippen molar-refractivity contribution >= 4 is 23.5 Å². The molecule has 0 saturated carbocycles. The molecule has 0 aromatic heterocycles. The molecule has 31 heavy (non-hydrogen) atoms. The van der Waals surface area contributed by atoms with Crippen molar-refractivity contribution in [1.29, 1.82) is 0 Å². The van der Waals surface area contributed by atoms with Crippen molar-refractivity contribution in [2.24, 2.45) is 0 Å². The van der Waals surface area contributed by atoms with E-state index < -0.39 is 22.5 Å². The smallest absolute Gasteiger partial charge is 0.343 e. The first kappa shape index (κ1) is 21.4. The lowest BCUT2D eigenvalue weighted by Gasteiger charge is -2.09. The van der Waals surface area contributed by atoms with Crippen LogP contribution in [-0.2, 0) is 0 Å². The Kier molecular flexibility index (Phi) is 6.51. The fourth-order valence-electron chi connectivity index (χ4n) is 2.72. The van der Waals surface area contributed by atoms with Crippen LogP contribution in [-0.4, -0.2) is 23.8 Å². The van der Waals surface area contributed by atoms with Crippen LogP contribution in [0.4, 0.5) is 10.1 Å². The minimum absolute atomic E-state index is 0.0397. The highest BCUT2D eigenvalue weighted by atomic mass is 19.1. The zero-order valence-electron chi connectivity index (χ0n) is 16.3. The van der Waals surface area contributed by atoms with Gasteiger partial charge in [0.25, 0.3) is 5.69 Å². The Morgan fingerprint density at radius 1 is 1.00 bits per heavy atom. The van der Waals surface area contributed by atoms with Gasteiger partial charge in [-0.05, 0) is 48.6 Å². The van der Waals surface area contributed by atoms with E-state index >= 15 is 0 Å². The number of ketones is 1. The maximum absolute atomic E-state index is 13.8. The molecule has 7 nitrogen and oxygen atoms in total. The molecule has 3 aromatic carbocycles. The maximum Gasteiger partial charge on any atom is 0.343 e. The zero-order chi connectivity index (χ0) is 22.4. The quantitative estimate of drug-likeness (QED) is 0.135. The lowest BCUT2D eigenvalue weighted by molar-refractivity contribution is -0.384. The Hall–Kier alpha value is -4.33. The summed E-state index contributed by atoms with van der Waals surface area (Å²) in [6.45, 7) is 0. The molecule has 0 unspecified atom stereocenters. The van der Waals surface area contributed by atoms with Gasteiger partial charge < -0.3 is 9.47 Å². The standard InChI is InChI=1S/C23H16FNO6/c1-30-21-5-3-2-4-15(21)8-12-20(26)19-14-17(24)9-13-22(19)31-23(27)16-6-10-18(11-7-16)25(28)29/h2-14H,1H3. The molecule has 3 rings (SSSR count). The summed E-state index contributed by atoms with van der Waals surface area (Å²) in [7, 11) is 1.50. The highest BCUT2D eigenvalue weighted by molar-refractivity contribution is 6.09. The molecular weight excluding hydrogens is 405 g/mol. The van der Waals surface area contributed by atoms with E-state index in [4.69, 9.17) is 9.47 Å². The average Bonchev–Trinajstić information content (AvgIpc) is 2.78. The number of ether oxygens (including phenoxy) is 2. The number of allylic oxidation sites excluding steroid dienone is 1. The topological polar surface area (TPSA) is 95.7 Å². The summed E-state index contributed by atoms with van der Waals surface area (Å²) in [4.78, 5) is 35.2. The van der Waals surface area contributed by atoms with Gasteiger partial charge in [0, 0.05) is 17.7 Å². The molecule has 156 valence electrons. The number of non-ortho nitro benzene ring substituents is 1. The Balaban J connectivity index is 1.84. The number of para-hydroxylation sites is 1. The predicted molar refractivity (Wildman–Crippen MR) is 111 cm³/mol. The summed E-state index contributed by atoms with van der Waals surface area (Å²) >= 11 is 0. The van der Waals surface area contributed by atoms with Crippen LogP contribution in [0.5, 0.6) is 11.5 Å². The first-order chi connectivity index (χ1) is 14.9. The monoisotopic (exact) mass is 421 g/mol. The molecule has 0 bridgehead atoms. The number of carbonyl (C=O) groups is 2. The molecule has 0 radical (unpaired) electrons. The Bertz CT molecular complexity index is 1170. The summed E-state index contributed by atoms with van der Waals surface area (Å²) < 4.78 is 24.2. The van der Waals surface area contributed by atoms with E-state index in [9.17, 15) is 24.1 Å². The molecule has 0 saturated heterocycles. The van der Waals surface area contributed by atoms with E-state index in [0.717, 1.165) is 24.3 Å². The van der Waals surface area contributed by atoms with Crippen LogP contribution in [0.15, 0.2) is 72.8 Å². The van der Waals surface area contributed by atoms with Crippen LogP contribution in [0, 0.1) is 15.9 Å². The fraction of sp³-hybridized carbons (Fsp3) is 0.0435. The summed E-state index contributed by atoms with van der Waals surface area (Å²) in [5.41, 5.74) is 0.342. The van der Waals surface area contributed by atoms with E-state index in [-0.39, 0.29) is 22.6 Å². The van der Waals surface area contributed by atoms with Crippen molar-refractivity contribution in [3.8, 4) is 11.5 Å². The number of esters is 1. The number of hydrogen-bond acceptors (Lipinski definition) is 6. The first-order valence-corrected chi connectivity index (χ1v) is 9.00. The Morgan fingerprint density at radius 2 is 1.71 bits per heavy atom. The van der Waals surface area contributed by atoms with E-state index in [2.05, 4.69) is 0 Å². The maximum atomic E-state index is 13.8. The third kappa shape index (κ3) is 5.18. The van der Waals surface area contributed by atoms with Crippen LogP contribution in [0.2, 0.25) is 0 Å². The van der Waals surface area contributed by atoms with E-state index in [1.54, 1.807) is 24.3 Å². The van der Waals surface area contributed by atoms with Crippen LogP contribution in [0.25, 0.3) is 6.08 Å². The Morgan fingerprint density at radius 3 is 2.39 bits per heavy atom. The van der Waals surface area contributed by atoms with Crippen molar-refractivity contribution in [2.75, 3.05) is 7.11 Å². The van der Waals surface area contributed by atoms with Gasteiger partial charge >= 0.3 is 5.97 Å². The van der Waals surface area contributed by atoms with Gasteiger partial charge in [0.05, 0.1) is 23.2 Å². The SMILES string of the molecule is COc1ccccc1C=CC(=O)c1cc(F)ccc1OC(=O)c1ccc([N+](=O)[O-])cc1. The second kappa shape index (κ2) is 9.45. The lowest BCUT2D eigenvalue weighted by atomic mass is 10.1. The van der Waals surface area contributed by atoms with Gasteiger partial charge in [-0.1, -0.05) is 18.2 Å². The largest absolute Gasteiger partial charge is 0.496 e. The number of nitrogens with zero attached hydrogens (tertiary/aromatic N) is 1. The molecule has 0 N–H and O–H groups in total. The van der Waals surface area contributed by atoms with Gasteiger partial charge in [0.1, 0.15) is 17.3 Å². The molecule has 0 aliphatic carbocycles. The van der Waals surface area contributed by atoms with Gasteiger partial charge in [-0.15, -0.1) is 0 Å². The number of nitro benzene ring substituents is 1. The highest BCUT2D eigenvalue weighted by Gasteiger charge is 2.17. The molecule has 8 heteroatoms. The van der Waals surface area contributed by atoms with Crippen LogP contribution >= 0.6 is 0 Å². The highest BCUT2D eigenvalue weighted by Crippen LogP contribution is 2.24. The van der Waals surface area contributed by atoms with Crippen LogP contribution in [0.1, 0.15) is 26.3 Å². The summed E-state index contributed by atoms with van der Waals surface area (Å²) in [6.07, 6.45) is 2.73. The minimum Gasteiger partial charge on any atom is -0.496 e. The van der Waals surface area contributed by atoms with Crippen molar-refractivity contribution in [3.63, 3.8) is 0 Å². The van der Waals surface area contributed by atoms with E-state index in [1.165, 1.54) is 37.5 Å². The molecule has 0 heterocycles. The van der Waals surface area contributed by atoms with Gasteiger partial charge in [0.2, 0.25) is 0 Å². The van der Waals surface area contributed by atoms with Gasteiger partial charge in [0.15, 0.2) is 5.78 Å². The zero-order valence-corrected chi connectivity index (χ0v) is 16.3. The van der Waals surface area contributed by atoms with Crippen LogP contribution < -0.4 is 9.47 Å². The van der Waals surface area contributed by atoms with Crippen molar-refractivity contribution in [3.05, 3.63) is 105 Å². The second-order valence-corrected chi connectivity index (χ2v) is 6.27. The number of carbonyl (C=O) groups excluding carboxylic acids is 2. The Labute approximate surface area is 176 Å². The molecule has 0 amide bonds. The number of nitro groups is 1. The lowest BCUT2D eigenvalue weighted by Crippen LogP contribution is -2.11. The number of benzene rings is 3. The first-order valence-electron chi connectivity index (χ1n) is 9.00. The number of methoxy groups -OCH3 is 1. The molecule has 0 aliphatic rings. The summed E-state index contributed by atoms with van der Waals surface area (Å²) in [6, 6.07) is 15.0. The number of halogens is 1. The number of hydrogen-bond donors (Lipinski definition) is 0. The molecule has 0 spiro atoms. The van der Waals surface area contributed by atoms with Crippen molar-refractivity contribution < 1.29 is 28.4 Å². The minimum atomic E-state index is -0.843. The average molecular weight is 421 g/mol. The second-order valence-electron chi connectivity index (χ2n) is 6.27. The third-order valence-electron chi connectivity index (χ3n) is 4.28. The molecule has 0 atom stereocenters. The molecule has 3 aromatic rings. The van der Waals surface area contributed by atoms with Crippen molar-refractivity contribution in [1.82, 2.24) is 0 Å². The summed E-state index contributed by atoms with van der Waals surface area (Å²) in [5.74, 6) is -1.69. The summed E-state index contributed by atoms with van der Waals surface area (Å²) in [5, 5.41) is 10.7. The van der Waals surface area contributed by atoms with Gasteiger partial charge in [-0.2, -0.15) is 0 Å². The van der Waals surface area contributed by atoms with Gasteiger partial charge in [-0.3, -0.25) is 14.9 Å². The molecule has 0 fully saturated rings. The predicted octanol–water partition coefficient (Wildman–Crippen LogP) is 4.86. The number of rotatable bonds is 7. The molecular formula is C23H16FNO6. The van der Waals surface area contributed by atoms with Gasteiger partial charge in [-0.25, -0.2) is 9.18 Å². The normalized spacial score (nSPS) is 10.6. The van der Waals surface area contributed by atoms with Crippen molar-refractivity contribution in [2.45, 2.75) is 0 Å². The molecule has 0 aliphatic heterocycles. The third-order valence-corrected chi connectivity index (χ3v) is 4.28.